The molecule has 3 N–H and O–H groups in total. The SMILES string of the molecule is CC1NCCCC1NC(=O)c1ccc[nH]c1=O. The molecule has 2 rings (SSSR count). The Morgan fingerprint density at radius 3 is 3.06 bits per heavy atom. The average Bonchev–Trinajstić information content (AvgIpc) is 2.32. The number of hydrogen-bond acceptors (Lipinski definition) is 3. The number of carbonyl (C=O) groups is 1. The molecule has 0 radical (unpaired) electrons. The first-order valence-corrected chi connectivity index (χ1v) is 5.90. The highest BCUT2D eigenvalue weighted by Gasteiger charge is 2.23. The van der Waals surface area contributed by atoms with Gasteiger partial charge in [0.05, 0.1) is 0 Å². The van der Waals surface area contributed by atoms with Crippen molar-refractivity contribution >= 4 is 5.91 Å². The maximum atomic E-state index is 11.9. The zero-order valence-corrected chi connectivity index (χ0v) is 9.82. The third kappa shape index (κ3) is 2.74. The predicted octanol–water partition coefficient (Wildman–Crippen LogP) is 0.245. The van der Waals surface area contributed by atoms with Gasteiger partial charge in [-0.1, -0.05) is 0 Å². The van der Waals surface area contributed by atoms with Crippen LogP contribution in [0.5, 0.6) is 0 Å². The van der Waals surface area contributed by atoms with E-state index in [1.807, 2.05) is 6.92 Å². The molecule has 2 heterocycles. The van der Waals surface area contributed by atoms with Crippen molar-refractivity contribution in [2.45, 2.75) is 31.8 Å². The number of rotatable bonds is 2. The Morgan fingerprint density at radius 1 is 1.53 bits per heavy atom. The van der Waals surface area contributed by atoms with Crippen LogP contribution in [0.15, 0.2) is 23.1 Å². The lowest BCUT2D eigenvalue weighted by molar-refractivity contribution is 0.0918. The lowest BCUT2D eigenvalue weighted by Crippen LogP contribution is -2.52. The molecule has 92 valence electrons. The summed E-state index contributed by atoms with van der Waals surface area (Å²) in [4.78, 5) is 25.9. The summed E-state index contributed by atoms with van der Waals surface area (Å²) >= 11 is 0. The van der Waals surface area contributed by atoms with Crippen LogP contribution in [0.25, 0.3) is 0 Å². The van der Waals surface area contributed by atoms with Gasteiger partial charge in [0.1, 0.15) is 5.56 Å². The second-order valence-corrected chi connectivity index (χ2v) is 4.38. The fourth-order valence-corrected chi connectivity index (χ4v) is 2.09. The summed E-state index contributed by atoms with van der Waals surface area (Å²) in [7, 11) is 0. The predicted molar refractivity (Wildman–Crippen MR) is 65.0 cm³/mol. The largest absolute Gasteiger partial charge is 0.348 e. The Morgan fingerprint density at radius 2 is 2.35 bits per heavy atom. The molecule has 1 aromatic rings. The summed E-state index contributed by atoms with van der Waals surface area (Å²) in [5.74, 6) is -0.299. The van der Waals surface area contributed by atoms with Crippen LogP contribution in [0, 0.1) is 0 Å². The molecule has 2 atom stereocenters. The van der Waals surface area contributed by atoms with Crippen LogP contribution in [-0.2, 0) is 0 Å². The number of amides is 1. The summed E-state index contributed by atoms with van der Waals surface area (Å²) < 4.78 is 0. The van der Waals surface area contributed by atoms with Crippen molar-refractivity contribution in [1.29, 1.82) is 0 Å². The van der Waals surface area contributed by atoms with E-state index >= 15 is 0 Å². The van der Waals surface area contributed by atoms with Gasteiger partial charge < -0.3 is 15.6 Å². The summed E-state index contributed by atoms with van der Waals surface area (Å²) in [6, 6.07) is 3.53. The Labute approximate surface area is 99.6 Å². The van der Waals surface area contributed by atoms with Crippen LogP contribution in [-0.4, -0.2) is 29.5 Å². The van der Waals surface area contributed by atoms with E-state index in [2.05, 4.69) is 15.6 Å². The number of piperidine rings is 1. The molecule has 5 heteroatoms. The second-order valence-electron chi connectivity index (χ2n) is 4.38. The Kier molecular flexibility index (Phi) is 3.58. The van der Waals surface area contributed by atoms with Crippen LogP contribution >= 0.6 is 0 Å². The number of aromatic amines is 1. The lowest BCUT2D eigenvalue weighted by atomic mass is 9.99. The van der Waals surface area contributed by atoms with Crippen LogP contribution < -0.4 is 16.2 Å². The summed E-state index contributed by atoms with van der Waals surface area (Å²) in [5.41, 5.74) is -0.174. The van der Waals surface area contributed by atoms with E-state index < -0.39 is 0 Å². The average molecular weight is 235 g/mol. The zero-order valence-electron chi connectivity index (χ0n) is 9.82. The first-order chi connectivity index (χ1) is 8.18. The van der Waals surface area contributed by atoms with E-state index in [1.165, 1.54) is 12.3 Å². The van der Waals surface area contributed by atoms with Gasteiger partial charge in [0.2, 0.25) is 0 Å². The molecule has 1 aliphatic rings. The van der Waals surface area contributed by atoms with Crippen LogP contribution in [0.2, 0.25) is 0 Å². The number of H-pyrrole nitrogens is 1. The van der Waals surface area contributed by atoms with Gasteiger partial charge >= 0.3 is 0 Å². The molecule has 1 fully saturated rings. The summed E-state index contributed by atoms with van der Waals surface area (Å²) in [5, 5.41) is 6.21. The molecule has 0 bridgehead atoms. The summed E-state index contributed by atoms with van der Waals surface area (Å²) in [6.07, 6.45) is 3.51. The molecular weight excluding hydrogens is 218 g/mol. The molecule has 0 aromatic carbocycles. The molecule has 0 aliphatic carbocycles. The third-order valence-corrected chi connectivity index (χ3v) is 3.14. The molecule has 2 unspecified atom stereocenters. The quantitative estimate of drug-likeness (QED) is 0.687. The van der Waals surface area contributed by atoms with E-state index in [4.69, 9.17) is 0 Å². The number of hydrogen-bond donors (Lipinski definition) is 3. The monoisotopic (exact) mass is 235 g/mol. The fraction of sp³-hybridized carbons (Fsp3) is 0.500. The van der Waals surface area contributed by atoms with Gasteiger partial charge in [-0.3, -0.25) is 9.59 Å². The van der Waals surface area contributed by atoms with Crippen molar-refractivity contribution in [1.82, 2.24) is 15.6 Å². The van der Waals surface area contributed by atoms with Crippen molar-refractivity contribution in [3.8, 4) is 0 Å². The number of carbonyl (C=O) groups excluding carboxylic acids is 1. The minimum absolute atomic E-state index is 0.0934. The molecular formula is C12H17N3O2. The van der Waals surface area contributed by atoms with Crippen LogP contribution in [0.4, 0.5) is 0 Å². The first-order valence-electron chi connectivity index (χ1n) is 5.90. The number of aromatic nitrogens is 1. The normalized spacial score (nSPS) is 24.3. The van der Waals surface area contributed by atoms with Crippen molar-refractivity contribution in [3.63, 3.8) is 0 Å². The van der Waals surface area contributed by atoms with Gasteiger partial charge in [0, 0.05) is 18.3 Å². The minimum Gasteiger partial charge on any atom is -0.348 e. The first kappa shape index (κ1) is 11.9. The molecule has 1 saturated heterocycles. The van der Waals surface area contributed by atoms with Crippen molar-refractivity contribution < 1.29 is 4.79 Å². The van der Waals surface area contributed by atoms with Gasteiger partial charge in [-0.15, -0.1) is 0 Å². The zero-order chi connectivity index (χ0) is 12.3. The standard InChI is InChI=1S/C12H17N3O2/c1-8-10(5-3-6-13-8)15-12(17)9-4-2-7-14-11(9)16/h2,4,7-8,10,13H,3,5-6H2,1H3,(H,14,16)(H,15,17). The van der Waals surface area contributed by atoms with Gasteiger partial charge in [-0.2, -0.15) is 0 Å². The molecule has 1 amide bonds. The molecule has 1 aliphatic heterocycles. The van der Waals surface area contributed by atoms with E-state index in [9.17, 15) is 9.59 Å². The summed E-state index contributed by atoms with van der Waals surface area (Å²) in [6.45, 7) is 3.03. The minimum atomic E-state index is -0.346. The molecule has 0 saturated carbocycles. The highest BCUT2D eigenvalue weighted by molar-refractivity contribution is 5.93. The van der Waals surface area contributed by atoms with Gasteiger partial charge in [-0.05, 0) is 38.4 Å². The maximum absolute atomic E-state index is 11.9. The fourth-order valence-electron chi connectivity index (χ4n) is 2.09. The Hall–Kier alpha value is -1.62. The van der Waals surface area contributed by atoms with Crippen LogP contribution in [0.3, 0.4) is 0 Å². The number of pyridine rings is 1. The highest BCUT2D eigenvalue weighted by Crippen LogP contribution is 2.08. The maximum Gasteiger partial charge on any atom is 0.260 e. The van der Waals surface area contributed by atoms with Crippen molar-refractivity contribution in [2.24, 2.45) is 0 Å². The molecule has 17 heavy (non-hydrogen) atoms. The van der Waals surface area contributed by atoms with Gasteiger partial charge in [0.15, 0.2) is 0 Å². The van der Waals surface area contributed by atoms with Crippen molar-refractivity contribution in [3.05, 3.63) is 34.2 Å². The Balaban J connectivity index is 2.06. The second kappa shape index (κ2) is 5.14. The van der Waals surface area contributed by atoms with Crippen LogP contribution in [0.1, 0.15) is 30.1 Å². The van der Waals surface area contributed by atoms with E-state index in [1.54, 1.807) is 6.07 Å². The van der Waals surface area contributed by atoms with E-state index in [-0.39, 0.29) is 29.1 Å². The molecule has 1 aromatic heterocycles. The lowest BCUT2D eigenvalue weighted by Gasteiger charge is -2.30. The topological polar surface area (TPSA) is 74.0 Å². The highest BCUT2D eigenvalue weighted by atomic mass is 16.2. The Bertz CT molecular complexity index is 455. The van der Waals surface area contributed by atoms with Crippen molar-refractivity contribution in [2.75, 3.05) is 6.54 Å². The third-order valence-electron chi connectivity index (χ3n) is 3.14. The number of nitrogens with one attached hydrogen (secondary N) is 3. The van der Waals surface area contributed by atoms with E-state index in [0.29, 0.717) is 0 Å². The van der Waals surface area contributed by atoms with Gasteiger partial charge in [-0.25, -0.2) is 0 Å². The van der Waals surface area contributed by atoms with Gasteiger partial charge in [0.25, 0.3) is 11.5 Å². The molecule has 0 spiro atoms. The molecule has 5 nitrogen and oxygen atoms in total. The smallest absolute Gasteiger partial charge is 0.260 e. The van der Waals surface area contributed by atoms with E-state index in [0.717, 1.165) is 19.4 Å².